The van der Waals surface area contributed by atoms with Crippen LogP contribution < -0.4 is 10.1 Å². The number of aryl methyl sites for hydroxylation is 4. The number of fused-ring (bicyclic) bond motifs is 3. The molecular formula is C75H72Cl4F3N12O8S3+. The number of hydrogen-bond donors (Lipinski definition) is 2. The standard InChI is InChI=1S/C25H24ClFN4O3S.C25H24ClFN4O2S.C18H18ClN4.C7H6ClFO3S/c1-16-7-9-22-25(28-16)31(24(29-22)19-5-3-4-6-20(19)26)17-11-13-30(14-12-17)35(32,33)18-8-10-23(34-2)21(27)15-18;1-16-7-9-19(15-22(16)27)34(32,33)30-13-11-18(12-14-30)31-24(20-5-3-4-6-21(20)26)29-23-10-8-17(2)28-25(23)31;1-12-6-7-16-18(21-12)23(13-8-10-20-11-9-13)17(22-16)14-4-2-3-5-15(14)19;8-13(11,12)6-2-1-5(4-10)7(9)3-6/h3-10,15,17H,11-14H2,1-2H3;3-10,15,18H,11-14H2,1-2H3;2,4-7,13,20H,8-11H2,1H3;1-3,10H,4H2/q;;+1;. The lowest BCUT2D eigenvalue weighted by molar-refractivity contribution is 0.275. The number of nitrogens with one attached hydrogen (secondary N) is 1. The van der Waals surface area contributed by atoms with Crippen LogP contribution in [0, 0.1) is 51.2 Å². The number of aromatic nitrogens is 9. The number of sulfonamides is 2. The van der Waals surface area contributed by atoms with Crippen LogP contribution in [0.2, 0.25) is 10.0 Å². The van der Waals surface area contributed by atoms with Gasteiger partial charge in [-0.15, -0.1) is 0 Å². The molecule has 6 aromatic heterocycles. The van der Waals surface area contributed by atoms with E-state index < -0.39 is 53.2 Å². The van der Waals surface area contributed by atoms with E-state index in [0.717, 1.165) is 129 Å². The number of halogens is 7. The Morgan fingerprint density at radius 2 is 0.952 bits per heavy atom. The maximum atomic E-state index is 14.2. The number of ether oxygens (including phenoxy) is 1. The van der Waals surface area contributed by atoms with Gasteiger partial charge in [0.1, 0.15) is 57.6 Å². The predicted octanol–water partition coefficient (Wildman–Crippen LogP) is 15.6. The Morgan fingerprint density at radius 3 is 1.38 bits per heavy atom. The number of methoxy groups -OCH3 is 1. The number of imidazole rings is 3. The first-order chi connectivity index (χ1) is 50.2. The number of benzene rings is 5. The fraction of sp³-hybridized carbons (Fsp3) is 0.280. The molecule has 5 aromatic carbocycles. The first-order valence-corrected chi connectivity index (χ1v) is 39.9. The third-order valence-electron chi connectivity index (χ3n) is 18.6. The van der Waals surface area contributed by atoms with Crippen molar-refractivity contribution in [3.05, 3.63) is 230 Å². The number of allylic oxidation sites excluding steroid dienone is 6. The van der Waals surface area contributed by atoms with Crippen LogP contribution in [0.1, 0.15) is 90.7 Å². The van der Waals surface area contributed by atoms with Gasteiger partial charge in [-0.1, -0.05) is 59.6 Å². The van der Waals surface area contributed by atoms with Gasteiger partial charge in [-0.25, -0.2) is 68.3 Å². The zero-order valence-electron chi connectivity index (χ0n) is 57.5. The normalized spacial score (nSPS) is 15.8. The average molecular weight is 1560 g/mol. The van der Waals surface area contributed by atoms with Gasteiger partial charge < -0.3 is 28.9 Å². The minimum absolute atomic E-state index is 0.00420. The molecule has 0 bridgehead atoms. The van der Waals surface area contributed by atoms with Crippen molar-refractivity contribution in [1.29, 1.82) is 0 Å². The third-order valence-corrected chi connectivity index (χ3v) is 24.7. The second kappa shape index (κ2) is 32.3. The number of rotatable bonds is 13. The fourth-order valence-electron chi connectivity index (χ4n) is 13.1. The van der Waals surface area contributed by atoms with Crippen LogP contribution in [0.3, 0.4) is 0 Å². The summed E-state index contributed by atoms with van der Waals surface area (Å²) in [6.07, 6.45) is 13.1. The highest BCUT2D eigenvalue weighted by atomic mass is 35.7. The van der Waals surface area contributed by atoms with Crippen molar-refractivity contribution in [2.75, 3.05) is 46.4 Å². The van der Waals surface area contributed by atoms with Gasteiger partial charge in [0.25, 0.3) is 9.05 Å². The van der Waals surface area contributed by atoms with Crippen LogP contribution in [-0.4, -0.2) is 129 Å². The first-order valence-electron chi connectivity index (χ1n) is 33.6. The summed E-state index contributed by atoms with van der Waals surface area (Å²) in [7, 11) is -5.22. The molecule has 0 radical (unpaired) electrons. The van der Waals surface area contributed by atoms with Crippen molar-refractivity contribution in [2.45, 2.75) is 106 Å². The topological polar surface area (TPSA) is 243 Å². The van der Waals surface area contributed by atoms with Gasteiger partial charge in [0.15, 0.2) is 39.4 Å². The van der Waals surface area contributed by atoms with Crippen molar-refractivity contribution in [1.82, 2.24) is 57.5 Å². The predicted molar refractivity (Wildman–Crippen MR) is 402 cm³/mol. The van der Waals surface area contributed by atoms with E-state index in [2.05, 4.69) is 25.1 Å². The van der Waals surface area contributed by atoms with Gasteiger partial charge in [0.2, 0.25) is 20.0 Å². The van der Waals surface area contributed by atoms with Crippen LogP contribution in [-0.2, 0) is 35.7 Å². The minimum Gasteiger partial charge on any atom is -0.494 e. The smallest absolute Gasteiger partial charge is 0.261 e. The van der Waals surface area contributed by atoms with Gasteiger partial charge in [0, 0.05) is 106 Å². The minimum atomic E-state index is -3.90. The number of pyridine rings is 3. The Morgan fingerprint density at radius 1 is 0.524 bits per heavy atom. The summed E-state index contributed by atoms with van der Waals surface area (Å²) in [6, 6.07) is 38.0. The molecule has 2 N–H and O–H groups in total. The fourth-order valence-corrected chi connectivity index (χ4v) is 17.5. The number of hydrogen-bond acceptors (Lipinski definition) is 15. The highest BCUT2D eigenvalue weighted by Gasteiger charge is 2.36. The van der Waals surface area contributed by atoms with Crippen molar-refractivity contribution in [3.8, 4) is 28.5 Å². The molecule has 11 aromatic rings. The van der Waals surface area contributed by atoms with E-state index in [-0.39, 0.29) is 51.2 Å². The molecule has 3 aliphatic heterocycles. The first kappa shape index (κ1) is 76.2. The number of aliphatic hydroxyl groups is 1. The number of piperidine rings is 3. The molecule has 0 spiro atoms. The molecular weight excluding hydrogens is 1490 g/mol. The zero-order valence-corrected chi connectivity index (χ0v) is 63.0. The number of aliphatic hydroxyl groups excluding tert-OH is 1. The van der Waals surface area contributed by atoms with Crippen LogP contribution >= 0.6 is 45.5 Å². The summed E-state index contributed by atoms with van der Waals surface area (Å²) in [5.74, 6) is 0.325. The molecule has 0 amide bonds. The van der Waals surface area contributed by atoms with E-state index in [1.807, 2.05) is 118 Å². The molecule has 4 aliphatic rings. The highest BCUT2D eigenvalue weighted by molar-refractivity contribution is 8.13. The monoisotopic (exact) mass is 1560 g/mol. The van der Waals surface area contributed by atoms with Gasteiger partial charge in [-0.2, -0.15) is 8.61 Å². The van der Waals surface area contributed by atoms with E-state index in [9.17, 15) is 38.4 Å². The molecule has 1 aliphatic carbocycles. The van der Waals surface area contributed by atoms with Gasteiger partial charge in [-0.3, -0.25) is 0 Å². The maximum Gasteiger partial charge on any atom is 0.261 e. The van der Waals surface area contributed by atoms with Crippen molar-refractivity contribution in [3.63, 3.8) is 0 Å². The van der Waals surface area contributed by atoms with Crippen molar-refractivity contribution < 1.29 is 48.3 Å². The summed E-state index contributed by atoms with van der Waals surface area (Å²) in [5, 5.41) is 13.9. The molecule has 15 rings (SSSR count). The Bertz CT molecular complexity index is 5560. The maximum absolute atomic E-state index is 14.2. The summed E-state index contributed by atoms with van der Waals surface area (Å²) in [4.78, 5) is 28.3. The summed E-state index contributed by atoms with van der Waals surface area (Å²) in [5.41, 5.74) is 10.7. The average Bonchev–Trinajstić information content (AvgIpc) is 1.67. The van der Waals surface area contributed by atoms with E-state index >= 15 is 0 Å². The molecule has 0 unspecified atom stereocenters. The van der Waals surface area contributed by atoms with Gasteiger partial charge >= 0.3 is 0 Å². The van der Waals surface area contributed by atoms with Gasteiger partial charge in [0.05, 0.1) is 44.5 Å². The third kappa shape index (κ3) is 16.6. The van der Waals surface area contributed by atoms with E-state index in [0.29, 0.717) is 71.3 Å². The van der Waals surface area contributed by atoms with Crippen LogP contribution in [0.4, 0.5) is 13.2 Å². The lowest BCUT2D eigenvalue weighted by Crippen LogP contribution is -2.39. The second-order valence-electron chi connectivity index (χ2n) is 25.5. The summed E-state index contributed by atoms with van der Waals surface area (Å²) >= 11 is 19.4. The van der Waals surface area contributed by atoms with Crippen LogP contribution in [0.15, 0.2) is 177 Å². The Labute approximate surface area is 626 Å². The SMILES string of the molecule is COc1ccc(S(=O)(=O)N2CCC(n3c(-c4ccccc4Cl)nc4ccc(C)nc43)CC2)cc1F.Cc1ccc2nc(-c3ccccc3Cl)n(C3CCN(S(=O)(=O)c4ccc(C)c(F)c4)CC3)c2n1.Cc1ccc2nc(C3=C(Cl)C=[C+]C=C3)n(C3CCNCC3)c2n1.O=S(=O)(Cl)c1ccc(CO)c(F)c1. The zero-order chi connectivity index (χ0) is 74.6. The molecule has 3 saturated heterocycles. The lowest BCUT2D eigenvalue weighted by Gasteiger charge is -2.32. The summed E-state index contributed by atoms with van der Waals surface area (Å²) in [6.45, 7) is 10.2. The van der Waals surface area contributed by atoms with E-state index in [1.54, 1.807) is 13.0 Å². The Hall–Kier alpha value is -8.47. The molecule has 9 heterocycles. The lowest BCUT2D eigenvalue weighted by atomic mass is 10.0. The van der Waals surface area contributed by atoms with E-state index in [4.69, 9.17) is 85.2 Å². The molecule has 30 heteroatoms. The Kier molecular flexibility index (Phi) is 23.4. The largest absolute Gasteiger partial charge is 0.494 e. The number of nitrogens with zero attached hydrogens (tertiary/aromatic N) is 11. The molecule has 3 fully saturated rings. The van der Waals surface area contributed by atoms with Gasteiger partial charge in [-0.05, 0) is 188 Å². The van der Waals surface area contributed by atoms with E-state index in [1.165, 1.54) is 46.1 Å². The van der Waals surface area contributed by atoms with Crippen molar-refractivity contribution >= 4 is 114 Å². The molecule has 0 atom stereocenters. The molecule has 0 saturated carbocycles. The highest BCUT2D eigenvalue weighted by Crippen LogP contribution is 2.40. The second-order valence-corrected chi connectivity index (χ2v) is 33.1. The Balaban J connectivity index is 0.000000138. The quantitative estimate of drug-likeness (QED) is 0.0805. The summed E-state index contributed by atoms with van der Waals surface area (Å²) < 4.78 is 129. The molecule has 546 valence electrons. The van der Waals surface area contributed by atoms with Crippen molar-refractivity contribution in [2.24, 2.45) is 0 Å². The molecule has 20 nitrogen and oxygen atoms in total. The molecule has 105 heavy (non-hydrogen) atoms. The van der Waals surface area contributed by atoms with Crippen LogP contribution in [0.25, 0.3) is 61.8 Å². The van der Waals surface area contributed by atoms with Crippen LogP contribution in [0.5, 0.6) is 5.75 Å².